The zero-order chi connectivity index (χ0) is 15.6. The maximum absolute atomic E-state index is 12.4. The van der Waals surface area contributed by atoms with Crippen molar-refractivity contribution in [3.8, 4) is 0 Å². The molecule has 0 bridgehead atoms. The predicted molar refractivity (Wildman–Crippen MR) is 75.9 cm³/mol. The average molecular weight is 304 g/mol. The van der Waals surface area contributed by atoms with Crippen molar-refractivity contribution >= 4 is 11.9 Å². The Morgan fingerprint density at radius 2 is 2.18 bits per heavy atom. The zero-order valence-electron chi connectivity index (χ0n) is 13.0. The standard InChI is InChI=1S/C17H20O5/c1-8-7-20-13-6-11-12(21-9(2)18)5-4-10-16(19)22-15(14(8)13)17(10,11)3/h7,10-12,15H,4-6H2,1-3H3/t10-,11+,12+,15+,17-/m1/s1. The van der Waals surface area contributed by atoms with E-state index >= 15 is 0 Å². The predicted octanol–water partition coefficient (Wildman–Crippen LogP) is 2.71. The van der Waals surface area contributed by atoms with Gasteiger partial charge in [-0.2, -0.15) is 0 Å². The van der Waals surface area contributed by atoms with Crippen LogP contribution in [-0.4, -0.2) is 18.0 Å². The molecule has 1 saturated carbocycles. The molecule has 1 aromatic rings. The van der Waals surface area contributed by atoms with Gasteiger partial charge in [-0.05, 0) is 25.3 Å². The number of ether oxygens (including phenoxy) is 2. The van der Waals surface area contributed by atoms with E-state index in [-0.39, 0.29) is 41.4 Å². The Kier molecular flexibility index (Phi) is 2.75. The Morgan fingerprint density at radius 1 is 1.41 bits per heavy atom. The summed E-state index contributed by atoms with van der Waals surface area (Å²) in [6.45, 7) is 5.54. The third-order valence-electron chi connectivity index (χ3n) is 5.91. The first-order valence-corrected chi connectivity index (χ1v) is 7.87. The lowest BCUT2D eigenvalue weighted by Gasteiger charge is -2.49. The normalized spacial score (nSPS) is 39.0. The Hall–Kier alpha value is -1.78. The van der Waals surface area contributed by atoms with Gasteiger partial charge in [0.2, 0.25) is 0 Å². The molecule has 4 rings (SSSR count). The van der Waals surface area contributed by atoms with Gasteiger partial charge in [-0.15, -0.1) is 0 Å². The fraction of sp³-hybridized carbons (Fsp3) is 0.647. The quantitative estimate of drug-likeness (QED) is 0.746. The SMILES string of the molecule is CC(=O)O[C@H]1CC[C@@H]2C(=O)O[C@H]3c4c(C)coc4C[C@@H]1[C@@]23C. The molecule has 2 aliphatic carbocycles. The van der Waals surface area contributed by atoms with E-state index in [2.05, 4.69) is 6.92 Å². The minimum Gasteiger partial charge on any atom is -0.469 e. The van der Waals surface area contributed by atoms with Crippen molar-refractivity contribution in [3.05, 3.63) is 23.2 Å². The van der Waals surface area contributed by atoms with Gasteiger partial charge in [-0.25, -0.2) is 0 Å². The summed E-state index contributed by atoms with van der Waals surface area (Å²) in [5.41, 5.74) is 1.73. The van der Waals surface area contributed by atoms with E-state index in [9.17, 15) is 9.59 Å². The number of furan rings is 1. The number of fused-ring (bicyclic) bond motifs is 2. The summed E-state index contributed by atoms with van der Waals surface area (Å²) in [6, 6.07) is 0. The summed E-state index contributed by atoms with van der Waals surface area (Å²) < 4.78 is 17.0. The molecule has 2 heterocycles. The maximum Gasteiger partial charge on any atom is 0.310 e. The molecule has 5 nitrogen and oxygen atoms in total. The van der Waals surface area contributed by atoms with E-state index in [1.165, 1.54) is 6.92 Å². The summed E-state index contributed by atoms with van der Waals surface area (Å²) in [6.07, 6.45) is 3.40. The molecule has 118 valence electrons. The van der Waals surface area contributed by atoms with Crippen LogP contribution < -0.4 is 0 Å². The highest BCUT2D eigenvalue weighted by Gasteiger charge is 2.65. The monoisotopic (exact) mass is 304 g/mol. The van der Waals surface area contributed by atoms with Crippen molar-refractivity contribution in [2.24, 2.45) is 17.3 Å². The average Bonchev–Trinajstić information content (AvgIpc) is 2.92. The van der Waals surface area contributed by atoms with Gasteiger partial charge in [0, 0.05) is 30.2 Å². The van der Waals surface area contributed by atoms with Gasteiger partial charge in [0.15, 0.2) is 0 Å². The number of aryl methyl sites for hydroxylation is 1. The highest BCUT2D eigenvalue weighted by molar-refractivity contribution is 5.77. The second-order valence-electron chi connectivity index (χ2n) is 7.03. The number of hydrogen-bond acceptors (Lipinski definition) is 5. The Labute approximate surface area is 129 Å². The first-order valence-electron chi connectivity index (χ1n) is 7.87. The lowest BCUT2D eigenvalue weighted by atomic mass is 9.54. The molecule has 1 aliphatic heterocycles. The van der Waals surface area contributed by atoms with Crippen molar-refractivity contribution in [3.63, 3.8) is 0 Å². The van der Waals surface area contributed by atoms with Crippen LogP contribution >= 0.6 is 0 Å². The molecular formula is C17H20O5. The van der Waals surface area contributed by atoms with Crippen molar-refractivity contribution in [2.45, 2.75) is 52.2 Å². The molecule has 2 fully saturated rings. The lowest BCUT2D eigenvalue weighted by Crippen LogP contribution is -2.51. The van der Waals surface area contributed by atoms with Crippen LogP contribution in [0.4, 0.5) is 0 Å². The van der Waals surface area contributed by atoms with Gasteiger partial charge in [0.25, 0.3) is 0 Å². The lowest BCUT2D eigenvalue weighted by molar-refractivity contribution is -0.161. The van der Waals surface area contributed by atoms with Crippen LogP contribution in [0.3, 0.4) is 0 Å². The van der Waals surface area contributed by atoms with E-state index in [1.54, 1.807) is 6.26 Å². The fourth-order valence-electron chi connectivity index (χ4n) is 4.87. The number of esters is 2. The number of carbonyl (C=O) groups excluding carboxylic acids is 2. The summed E-state index contributed by atoms with van der Waals surface area (Å²) in [5.74, 6) is 0.432. The Bertz CT molecular complexity index is 660. The molecule has 0 N–H and O–H groups in total. The summed E-state index contributed by atoms with van der Waals surface area (Å²) in [7, 11) is 0. The molecule has 0 aromatic carbocycles. The minimum atomic E-state index is -0.322. The van der Waals surface area contributed by atoms with Crippen LogP contribution in [0.5, 0.6) is 0 Å². The first-order chi connectivity index (χ1) is 10.4. The van der Waals surface area contributed by atoms with Crippen molar-refractivity contribution < 1.29 is 23.5 Å². The van der Waals surface area contributed by atoms with Crippen LogP contribution in [0.25, 0.3) is 0 Å². The van der Waals surface area contributed by atoms with E-state index in [4.69, 9.17) is 13.9 Å². The fourth-order valence-corrected chi connectivity index (χ4v) is 4.87. The van der Waals surface area contributed by atoms with Gasteiger partial charge in [0.1, 0.15) is 18.0 Å². The minimum absolute atomic E-state index is 0.0599. The van der Waals surface area contributed by atoms with Crippen LogP contribution in [0.2, 0.25) is 0 Å². The number of rotatable bonds is 1. The summed E-state index contributed by atoms with van der Waals surface area (Å²) in [5, 5.41) is 0. The van der Waals surface area contributed by atoms with Crippen LogP contribution in [0.1, 0.15) is 49.7 Å². The van der Waals surface area contributed by atoms with E-state index in [0.717, 1.165) is 16.9 Å². The first kappa shape index (κ1) is 13.9. The van der Waals surface area contributed by atoms with E-state index in [0.29, 0.717) is 19.3 Å². The molecule has 22 heavy (non-hydrogen) atoms. The topological polar surface area (TPSA) is 65.7 Å². The number of carbonyl (C=O) groups is 2. The van der Waals surface area contributed by atoms with E-state index < -0.39 is 0 Å². The highest BCUT2D eigenvalue weighted by atomic mass is 16.6. The second-order valence-corrected chi connectivity index (χ2v) is 7.03. The molecule has 5 atom stereocenters. The van der Waals surface area contributed by atoms with Crippen LogP contribution in [0, 0.1) is 24.2 Å². The molecule has 0 radical (unpaired) electrons. The molecule has 0 amide bonds. The van der Waals surface area contributed by atoms with Gasteiger partial charge in [-0.3, -0.25) is 9.59 Å². The zero-order valence-corrected chi connectivity index (χ0v) is 13.0. The van der Waals surface area contributed by atoms with Crippen LogP contribution in [-0.2, 0) is 25.5 Å². The van der Waals surface area contributed by atoms with E-state index in [1.807, 2.05) is 6.92 Å². The molecule has 3 aliphatic rings. The highest BCUT2D eigenvalue weighted by Crippen LogP contribution is 2.63. The van der Waals surface area contributed by atoms with Gasteiger partial charge in [0.05, 0.1) is 12.2 Å². The largest absolute Gasteiger partial charge is 0.469 e. The number of hydrogen-bond donors (Lipinski definition) is 0. The molecule has 0 spiro atoms. The maximum atomic E-state index is 12.4. The van der Waals surface area contributed by atoms with Crippen LogP contribution in [0.15, 0.2) is 10.7 Å². The molecule has 0 unspecified atom stereocenters. The van der Waals surface area contributed by atoms with Gasteiger partial charge in [-0.1, -0.05) is 6.92 Å². The third-order valence-corrected chi connectivity index (χ3v) is 5.91. The van der Waals surface area contributed by atoms with Gasteiger partial charge >= 0.3 is 11.9 Å². The third kappa shape index (κ3) is 1.59. The molecule has 1 aromatic heterocycles. The Balaban J connectivity index is 1.83. The van der Waals surface area contributed by atoms with Crippen molar-refractivity contribution in [1.29, 1.82) is 0 Å². The smallest absolute Gasteiger partial charge is 0.310 e. The molecule has 5 heteroatoms. The molecule has 1 saturated heterocycles. The summed E-state index contributed by atoms with van der Waals surface area (Å²) >= 11 is 0. The second kappa shape index (κ2) is 4.37. The van der Waals surface area contributed by atoms with Gasteiger partial charge < -0.3 is 13.9 Å². The summed E-state index contributed by atoms with van der Waals surface area (Å²) in [4.78, 5) is 23.8. The Morgan fingerprint density at radius 3 is 2.91 bits per heavy atom. The van der Waals surface area contributed by atoms with Crippen molar-refractivity contribution in [1.82, 2.24) is 0 Å². The molecular weight excluding hydrogens is 284 g/mol. The van der Waals surface area contributed by atoms with Crippen molar-refractivity contribution in [2.75, 3.05) is 0 Å².